The molecule has 0 aromatic heterocycles. The lowest BCUT2D eigenvalue weighted by Gasteiger charge is -2.33. The zero-order chi connectivity index (χ0) is 18.5. The molecule has 136 valence electrons. The number of halogens is 1. The second kappa shape index (κ2) is 8.29. The van der Waals surface area contributed by atoms with Gasteiger partial charge in [-0.1, -0.05) is 22.0 Å². The molecule has 0 bridgehead atoms. The summed E-state index contributed by atoms with van der Waals surface area (Å²) in [4.78, 5) is 15.7. The highest BCUT2D eigenvalue weighted by atomic mass is 79.9. The van der Waals surface area contributed by atoms with Crippen molar-refractivity contribution in [2.24, 2.45) is 5.10 Å². The Morgan fingerprint density at radius 3 is 2.50 bits per heavy atom. The second-order valence-corrected chi connectivity index (χ2v) is 7.05. The van der Waals surface area contributed by atoms with Crippen LogP contribution in [0, 0.1) is 10.1 Å². The van der Waals surface area contributed by atoms with E-state index >= 15 is 0 Å². The number of piperazine rings is 1. The molecule has 0 saturated carbocycles. The highest BCUT2D eigenvalue weighted by Crippen LogP contribution is 2.31. The van der Waals surface area contributed by atoms with Gasteiger partial charge in [-0.15, -0.1) is 0 Å². The van der Waals surface area contributed by atoms with E-state index < -0.39 is 0 Å². The maximum absolute atomic E-state index is 11.7. The van der Waals surface area contributed by atoms with Gasteiger partial charge in [0.1, 0.15) is 5.69 Å². The van der Waals surface area contributed by atoms with Crippen molar-refractivity contribution in [3.8, 4) is 0 Å². The van der Waals surface area contributed by atoms with Gasteiger partial charge in [0.15, 0.2) is 0 Å². The number of nitrogens with zero attached hydrogens (tertiary/aromatic N) is 4. The summed E-state index contributed by atoms with van der Waals surface area (Å²) in [7, 11) is 2.06. The molecule has 0 atom stereocenters. The lowest BCUT2D eigenvalue weighted by Crippen LogP contribution is -2.44. The van der Waals surface area contributed by atoms with E-state index in [1.54, 1.807) is 6.07 Å². The fourth-order valence-corrected chi connectivity index (χ4v) is 3.12. The quantitative estimate of drug-likeness (QED) is 0.457. The van der Waals surface area contributed by atoms with Crippen LogP contribution in [-0.2, 0) is 0 Å². The van der Waals surface area contributed by atoms with Gasteiger partial charge in [-0.05, 0) is 43.4 Å². The predicted octanol–water partition coefficient (Wildman–Crippen LogP) is 3.56. The third-order valence-corrected chi connectivity index (χ3v) is 4.84. The minimum Gasteiger partial charge on any atom is -0.363 e. The molecule has 1 aliphatic heterocycles. The van der Waals surface area contributed by atoms with E-state index in [1.807, 2.05) is 36.4 Å². The van der Waals surface area contributed by atoms with Crippen molar-refractivity contribution in [1.82, 2.24) is 4.90 Å². The second-order valence-electron chi connectivity index (χ2n) is 6.14. The fourth-order valence-electron chi connectivity index (χ4n) is 2.86. The molecule has 1 N–H and O–H groups in total. The van der Waals surface area contributed by atoms with Crippen LogP contribution in [0.5, 0.6) is 0 Å². The van der Waals surface area contributed by atoms with Crippen molar-refractivity contribution in [3.05, 3.63) is 62.6 Å². The lowest BCUT2D eigenvalue weighted by atomic mass is 10.1. The minimum absolute atomic E-state index is 0.0957. The summed E-state index contributed by atoms with van der Waals surface area (Å²) in [5.74, 6) is 0. The first-order valence-electron chi connectivity index (χ1n) is 8.30. The maximum Gasteiger partial charge on any atom is 0.301 e. The molecule has 1 heterocycles. The smallest absolute Gasteiger partial charge is 0.301 e. The first-order valence-corrected chi connectivity index (χ1v) is 9.09. The van der Waals surface area contributed by atoms with Crippen molar-refractivity contribution in [2.75, 3.05) is 43.6 Å². The molecule has 1 saturated heterocycles. The largest absolute Gasteiger partial charge is 0.363 e. The van der Waals surface area contributed by atoms with Gasteiger partial charge in [0.2, 0.25) is 0 Å². The summed E-state index contributed by atoms with van der Waals surface area (Å²) in [5, 5.41) is 15.9. The van der Waals surface area contributed by atoms with Crippen LogP contribution >= 0.6 is 15.9 Å². The average molecular weight is 418 g/mol. The number of anilines is 2. The Hall–Kier alpha value is -2.45. The van der Waals surface area contributed by atoms with Crippen LogP contribution in [0.2, 0.25) is 0 Å². The van der Waals surface area contributed by atoms with Gasteiger partial charge in [0.05, 0.1) is 22.4 Å². The molecular weight excluding hydrogens is 398 g/mol. The average Bonchev–Trinajstić information content (AvgIpc) is 2.63. The molecule has 8 heteroatoms. The first kappa shape index (κ1) is 18.3. The van der Waals surface area contributed by atoms with Gasteiger partial charge in [0, 0.05) is 30.7 Å². The summed E-state index contributed by atoms with van der Waals surface area (Å²) >= 11 is 3.38. The maximum atomic E-state index is 11.7. The molecular formula is C18H20BrN5O2. The van der Waals surface area contributed by atoms with E-state index in [9.17, 15) is 10.1 Å². The van der Waals surface area contributed by atoms with Gasteiger partial charge in [-0.25, -0.2) is 0 Å². The van der Waals surface area contributed by atoms with Crippen LogP contribution in [0.3, 0.4) is 0 Å². The summed E-state index contributed by atoms with van der Waals surface area (Å²) in [6.07, 6.45) is 1.50. The number of nitrogens with one attached hydrogen (secondary N) is 1. The number of likely N-dealkylation sites (N-methyl/N-ethyl adjacent to an activating group) is 1. The fraction of sp³-hybridized carbons (Fsp3) is 0.278. The van der Waals surface area contributed by atoms with Crippen molar-refractivity contribution in [1.29, 1.82) is 0 Å². The molecule has 26 heavy (non-hydrogen) atoms. The predicted molar refractivity (Wildman–Crippen MR) is 108 cm³/mol. The molecule has 1 fully saturated rings. The van der Waals surface area contributed by atoms with Crippen LogP contribution in [0.4, 0.5) is 17.1 Å². The molecule has 2 aromatic rings. The lowest BCUT2D eigenvalue weighted by molar-refractivity contribution is -0.384. The van der Waals surface area contributed by atoms with Crippen LogP contribution in [0.15, 0.2) is 52.0 Å². The molecule has 0 amide bonds. The SMILES string of the molecule is CN1CCN(c2cccc(/C=N\Nc3ccc(Br)cc3)c2[N+](=O)[O-])CC1. The number of nitro benzene ring substituents is 1. The Morgan fingerprint density at radius 1 is 1.15 bits per heavy atom. The number of hydrogen-bond acceptors (Lipinski definition) is 6. The van der Waals surface area contributed by atoms with Crippen molar-refractivity contribution in [2.45, 2.75) is 0 Å². The van der Waals surface area contributed by atoms with Crippen LogP contribution in [0.1, 0.15) is 5.56 Å². The number of para-hydroxylation sites is 1. The van der Waals surface area contributed by atoms with Crippen LogP contribution < -0.4 is 10.3 Å². The summed E-state index contributed by atoms with van der Waals surface area (Å²) < 4.78 is 0.975. The molecule has 7 nitrogen and oxygen atoms in total. The Kier molecular flexibility index (Phi) is 5.85. The molecule has 0 aliphatic carbocycles. The normalized spacial score (nSPS) is 15.4. The Balaban J connectivity index is 1.82. The summed E-state index contributed by atoms with van der Waals surface area (Å²) in [6, 6.07) is 12.9. The third kappa shape index (κ3) is 4.39. The van der Waals surface area contributed by atoms with Crippen molar-refractivity contribution in [3.63, 3.8) is 0 Å². The Labute approximate surface area is 160 Å². The number of nitro groups is 1. The standard InChI is InChI=1S/C18H20BrN5O2/c1-22-9-11-23(12-10-22)17-4-2-3-14(18(17)24(25)26)13-20-21-16-7-5-15(19)6-8-16/h2-8,13,21H,9-12H2,1H3/b20-13-. The highest BCUT2D eigenvalue weighted by molar-refractivity contribution is 9.10. The number of hydrazone groups is 1. The topological polar surface area (TPSA) is 74.0 Å². The van der Waals surface area contributed by atoms with E-state index in [4.69, 9.17) is 0 Å². The van der Waals surface area contributed by atoms with Crippen molar-refractivity contribution < 1.29 is 4.92 Å². The van der Waals surface area contributed by atoms with Crippen molar-refractivity contribution >= 4 is 39.2 Å². The van der Waals surface area contributed by atoms with Gasteiger partial charge >= 0.3 is 5.69 Å². The Bertz CT molecular complexity index is 802. The van der Waals surface area contributed by atoms with Gasteiger partial charge in [0.25, 0.3) is 0 Å². The van der Waals surface area contributed by atoms with E-state index in [-0.39, 0.29) is 10.6 Å². The zero-order valence-corrected chi connectivity index (χ0v) is 16.0. The van der Waals surface area contributed by atoms with E-state index in [0.29, 0.717) is 11.3 Å². The monoisotopic (exact) mass is 417 g/mol. The molecule has 1 aliphatic rings. The number of benzene rings is 2. The van der Waals surface area contributed by atoms with Gasteiger partial charge in [-0.3, -0.25) is 15.5 Å². The zero-order valence-electron chi connectivity index (χ0n) is 14.4. The number of rotatable bonds is 5. The van der Waals surface area contributed by atoms with E-state index in [1.165, 1.54) is 6.21 Å². The highest BCUT2D eigenvalue weighted by Gasteiger charge is 2.25. The summed E-state index contributed by atoms with van der Waals surface area (Å²) in [5.41, 5.74) is 4.93. The molecule has 0 spiro atoms. The number of hydrogen-bond donors (Lipinski definition) is 1. The molecule has 3 rings (SSSR count). The molecule has 0 radical (unpaired) electrons. The third-order valence-electron chi connectivity index (χ3n) is 4.31. The first-order chi connectivity index (χ1) is 12.5. The van der Waals surface area contributed by atoms with Gasteiger partial charge in [-0.2, -0.15) is 5.10 Å². The van der Waals surface area contributed by atoms with E-state index in [0.717, 1.165) is 36.3 Å². The summed E-state index contributed by atoms with van der Waals surface area (Å²) in [6.45, 7) is 3.32. The van der Waals surface area contributed by atoms with E-state index in [2.05, 4.69) is 43.3 Å². The van der Waals surface area contributed by atoms with Gasteiger partial charge < -0.3 is 9.80 Å². The molecule has 2 aromatic carbocycles. The minimum atomic E-state index is -0.325. The Morgan fingerprint density at radius 2 is 1.85 bits per heavy atom. The van der Waals surface area contributed by atoms with Crippen LogP contribution in [-0.4, -0.2) is 49.3 Å². The van der Waals surface area contributed by atoms with Crippen LogP contribution in [0.25, 0.3) is 0 Å². The molecule has 0 unspecified atom stereocenters.